The van der Waals surface area contributed by atoms with E-state index in [0.717, 1.165) is 0 Å². The van der Waals surface area contributed by atoms with E-state index in [2.05, 4.69) is 5.10 Å². The number of esters is 1. The molecule has 0 saturated carbocycles. The number of carbonyl (C=O) groups is 2. The van der Waals surface area contributed by atoms with E-state index < -0.39 is 12.4 Å². The van der Waals surface area contributed by atoms with Crippen molar-refractivity contribution in [2.45, 2.75) is 31.8 Å². The van der Waals surface area contributed by atoms with Gasteiger partial charge in [-0.15, -0.1) is 0 Å². The maximum Gasteiger partial charge on any atom is 0.306 e. The van der Waals surface area contributed by atoms with Crippen molar-refractivity contribution in [3.8, 4) is 0 Å². The fourth-order valence-corrected chi connectivity index (χ4v) is 2.86. The van der Waals surface area contributed by atoms with Crippen LogP contribution in [0.2, 0.25) is 5.02 Å². The Morgan fingerprint density at radius 1 is 1.48 bits per heavy atom. The standard InChI is InChI=1S/C14H18ClN3O5/c1-17-6-9(15)10(16-17)7-18(8-13-21-4-5-22-13)14(20)11-2-3-12(19)23-11/h6,11,13H,2-5,7-8H2,1H3/t11-/m0/s1. The molecule has 0 aliphatic carbocycles. The molecular weight excluding hydrogens is 326 g/mol. The van der Waals surface area contributed by atoms with Gasteiger partial charge in [0.2, 0.25) is 0 Å². The van der Waals surface area contributed by atoms with Crippen LogP contribution in [-0.2, 0) is 37.4 Å². The van der Waals surface area contributed by atoms with E-state index >= 15 is 0 Å². The van der Waals surface area contributed by atoms with E-state index in [-0.39, 0.29) is 31.4 Å². The monoisotopic (exact) mass is 343 g/mol. The Kier molecular flexibility index (Phi) is 4.84. The number of hydrogen-bond acceptors (Lipinski definition) is 6. The summed E-state index contributed by atoms with van der Waals surface area (Å²) in [6.07, 6.45) is 1.06. The Morgan fingerprint density at radius 2 is 2.22 bits per heavy atom. The van der Waals surface area contributed by atoms with Gasteiger partial charge in [0.25, 0.3) is 5.91 Å². The zero-order valence-electron chi connectivity index (χ0n) is 12.7. The number of aromatic nitrogens is 2. The van der Waals surface area contributed by atoms with E-state index in [9.17, 15) is 9.59 Å². The van der Waals surface area contributed by atoms with E-state index in [1.807, 2.05) is 0 Å². The Morgan fingerprint density at radius 3 is 2.78 bits per heavy atom. The van der Waals surface area contributed by atoms with E-state index in [0.29, 0.717) is 30.4 Å². The van der Waals surface area contributed by atoms with Crippen molar-refractivity contribution in [1.29, 1.82) is 0 Å². The third kappa shape index (κ3) is 3.82. The predicted molar refractivity (Wildman–Crippen MR) is 78.4 cm³/mol. The number of hydrogen-bond donors (Lipinski definition) is 0. The normalized spacial score (nSPS) is 21.7. The average Bonchev–Trinajstić information content (AvgIpc) is 3.21. The average molecular weight is 344 g/mol. The van der Waals surface area contributed by atoms with Crippen LogP contribution in [0.25, 0.3) is 0 Å². The van der Waals surface area contributed by atoms with Gasteiger partial charge in [-0.3, -0.25) is 14.3 Å². The second-order valence-electron chi connectivity index (χ2n) is 5.50. The first-order chi connectivity index (χ1) is 11.0. The Hall–Kier alpha value is -1.64. The van der Waals surface area contributed by atoms with Crippen molar-refractivity contribution in [3.05, 3.63) is 16.9 Å². The zero-order chi connectivity index (χ0) is 16.4. The van der Waals surface area contributed by atoms with Crippen molar-refractivity contribution in [1.82, 2.24) is 14.7 Å². The van der Waals surface area contributed by atoms with Crippen molar-refractivity contribution in [2.75, 3.05) is 19.8 Å². The molecule has 1 atom stereocenters. The lowest BCUT2D eigenvalue weighted by Crippen LogP contribution is -2.43. The fraction of sp³-hybridized carbons (Fsp3) is 0.643. The van der Waals surface area contributed by atoms with Crippen LogP contribution in [0.5, 0.6) is 0 Å². The molecule has 2 aliphatic heterocycles. The summed E-state index contributed by atoms with van der Waals surface area (Å²) < 4.78 is 17.5. The number of ether oxygens (including phenoxy) is 3. The fourth-order valence-electron chi connectivity index (χ4n) is 2.62. The molecule has 126 valence electrons. The summed E-state index contributed by atoms with van der Waals surface area (Å²) in [5.41, 5.74) is 0.574. The molecule has 1 amide bonds. The molecule has 1 aromatic heterocycles. The molecular formula is C14H18ClN3O5. The molecule has 0 unspecified atom stereocenters. The van der Waals surface area contributed by atoms with E-state index in [1.54, 1.807) is 17.9 Å². The van der Waals surface area contributed by atoms with Gasteiger partial charge in [0.1, 0.15) is 5.69 Å². The van der Waals surface area contributed by atoms with Gasteiger partial charge >= 0.3 is 5.97 Å². The van der Waals surface area contributed by atoms with Crippen LogP contribution in [0.1, 0.15) is 18.5 Å². The molecule has 2 saturated heterocycles. The second-order valence-corrected chi connectivity index (χ2v) is 5.91. The van der Waals surface area contributed by atoms with Crippen LogP contribution in [0.3, 0.4) is 0 Å². The van der Waals surface area contributed by atoms with Crippen LogP contribution in [0, 0.1) is 0 Å². The highest BCUT2D eigenvalue weighted by Crippen LogP contribution is 2.21. The number of cyclic esters (lactones) is 1. The molecule has 0 aromatic carbocycles. The van der Waals surface area contributed by atoms with E-state index in [1.165, 1.54) is 4.90 Å². The van der Waals surface area contributed by atoms with Gasteiger partial charge < -0.3 is 19.1 Å². The van der Waals surface area contributed by atoms with Crippen molar-refractivity contribution >= 4 is 23.5 Å². The Labute approximate surface area is 138 Å². The van der Waals surface area contributed by atoms with Crippen LogP contribution < -0.4 is 0 Å². The summed E-state index contributed by atoms with van der Waals surface area (Å²) in [5.74, 6) is -0.635. The number of halogens is 1. The molecule has 23 heavy (non-hydrogen) atoms. The van der Waals surface area contributed by atoms with Crippen LogP contribution in [0.15, 0.2) is 6.20 Å². The molecule has 0 bridgehead atoms. The first-order valence-corrected chi connectivity index (χ1v) is 7.80. The molecule has 3 rings (SSSR count). The quantitative estimate of drug-likeness (QED) is 0.723. The molecule has 2 fully saturated rings. The first-order valence-electron chi connectivity index (χ1n) is 7.42. The molecule has 0 N–H and O–H groups in total. The minimum Gasteiger partial charge on any atom is -0.452 e. The highest BCUT2D eigenvalue weighted by Gasteiger charge is 2.35. The van der Waals surface area contributed by atoms with Gasteiger partial charge in [-0.05, 0) is 0 Å². The van der Waals surface area contributed by atoms with Gasteiger partial charge in [0.05, 0.1) is 31.3 Å². The maximum atomic E-state index is 12.7. The van der Waals surface area contributed by atoms with Crippen LogP contribution in [0.4, 0.5) is 0 Å². The van der Waals surface area contributed by atoms with Crippen molar-refractivity contribution < 1.29 is 23.8 Å². The van der Waals surface area contributed by atoms with Gasteiger partial charge in [-0.2, -0.15) is 5.10 Å². The summed E-state index contributed by atoms with van der Waals surface area (Å²) >= 11 is 6.12. The molecule has 9 heteroatoms. The van der Waals surface area contributed by atoms with Crippen LogP contribution in [-0.4, -0.2) is 58.7 Å². The zero-order valence-corrected chi connectivity index (χ0v) is 13.5. The lowest BCUT2D eigenvalue weighted by Gasteiger charge is -2.26. The van der Waals surface area contributed by atoms with E-state index in [4.69, 9.17) is 25.8 Å². The van der Waals surface area contributed by atoms with Crippen molar-refractivity contribution in [2.24, 2.45) is 7.05 Å². The number of rotatable bonds is 5. The lowest BCUT2D eigenvalue weighted by atomic mass is 10.2. The highest BCUT2D eigenvalue weighted by atomic mass is 35.5. The molecule has 0 radical (unpaired) electrons. The Bertz CT molecular complexity index is 599. The number of aryl methyl sites for hydroxylation is 1. The van der Waals surface area contributed by atoms with Gasteiger partial charge in [0.15, 0.2) is 12.4 Å². The SMILES string of the molecule is Cn1cc(Cl)c(CN(CC2OCCO2)C(=O)[C@@H]2CCC(=O)O2)n1. The molecule has 0 spiro atoms. The lowest BCUT2D eigenvalue weighted by molar-refractivity contribution is -0.156. The molecule has 1 aromatic rings. The number of nitrogens with zero attached hydrogens (tertiary/aromatic N) is 3. The topological polar surface area (TPSA) is 82.9 Å². The highest BCUT2D eigenvalue weighted by molar-refractivity contribution is 6.31. The molecule has 3 heterocycles. The largest absolute Gasteiger partial charge is 0.452 e. The van der Waals surface area contributed by atoms with Crippen molar-refractivity contribution in [3.63, 3.8) is 0 Å². The van der Waals surface area contributed by atoms with Gasteiger partial charge in [-0.1, -0.05) is 11.6 Å². The predicted octanol–water partition coefficient (Wildman–Crippen LogP) is 0.481. The minimum atomic E-state index is -0.758. The third-order valence-corrected chi connectivity index (χ3v) is 4.04. The summed E-state index contributed by atoms with van der Waals surface area (Å²) in [7, 11) is 1.75. The summed E-state index contributed by atoms with van der Waals surface area (Å²) in [5, 5.41) is 4.72. The van der Waals surface area contributed by atoms with Crippen LogP contribution >= 0.6 is 11.6 Å². The maximum absolute atomic E-state index is 12.7. The minimum absolute atomic E-state index is 0.204. The summed E-state index contributed by atoms with van der Waals surface area (Å²) in [6.45, 7) is 1.43. The Balaban J connectivity index is 1.73. The summed E-state index contributed by atoms with van der Waals surface area (Å²) in [6, 6.07) is 0. The van der Waals surface area contributed by atoms with Gasteiger partial charge in [-0.25, -0.2) is 0 Å². The molecule has 8 nitrogen and oxygen atoms in total. The third-order valence-electron chi connectivity index (χ3n) is 3.73. The number of amides is 1. The first kappa shape index (κ1) is 16.2. The summed E-state index contributed by atoms with van der Waals surface area (Å²) in [4.78, 5) is 25.4. The molecule has 2 aliphatic rings. The number of carbonyl (C=O) groups excluding carboxylic acids is 2. The van der Waals surface area contributed by atoms with Gasteiger partial charge in [0, 0.05) is 26.1 Å². The second kappa shape index (κ2) is 6.86. The smallest absolute Gasteiger partial charge is 0.306 e.